The Labute approximate surface area is 136 Å². The number of hydrogen-bond acceptors (Lipinski definition) is 4. The number of pyridine rings is 2. The van der Waals surface area contributed by atoms with Crippen molar-refractivity contribution >= 4 is 0 Å². The number of rotatable bonds is 5. The largest absolute Gasteiger partial charge is 0.383 e. The molecule has 0 N–H and O–H groups in total. The van der Waals surface area contributed by atoms with Crippen LogP contribution in [-0.4, -0.2) is 47.8 Å². The monoisotopic (exact) mass is 313 g/mol. The van der Waals surface area contributed by atoms with Crippen molar-refractivity contribution < 1.29 is 4.74 Å². The predicted octanol–water partition coefficient (Wildman–Crippen LogP) is 1.34. The molecule has 0 spiro atoms. The van der Waals surface area contributed by atoms with Crippen LogP contribution in [0.15, 0.2) is 41.5 Å². The molecule has 5 heteroatoms. The van der Waals surface area contributed by atoms with Crippen molar-refractivity contribution in [1.82, 2.24) is 14.5 Å². The van der Waals surface area contributed by atoms with E-state index in [1.807, 2.05) is 22.8 Å². The molecule has 0 amide bonds. The van der Waals surface area contributed by atoms with Crippen LogP contribution in [0.5, 0.6) is 0 Å². The van der Waals surface area contributed by atoms with Gasteiger partial charge in [0.15, 0.2) is 0 Å². The fourth-order valence-electron chi connectivity index (χ4n) is 3.13. The maximum Gasteiger partial charge on any atom is 0.251 e. The third-order valence-electron chi connectivity index (χ3n) is 4.45. The molecule has 0 fully saturated rings. The molecular weight excluding hydrogens is 290 g/mol. The molecule has 0 saturated heterocycles. The van der Waals surface area contributed by atoms with E-state index in [4.69, 9.17) is 4.74 Å². The fraction of sp³-hybridized carbons (Fsp3) is 0.444. The zero-order chi connectivity index (χ0) is 16.1. The minimum Gasteiger partial charge on any atom is -0.383 e. The van der Waals surface area contributed by atoms with Crippen molar-refractivity contribution in [2.75, 3.05) is 33.4 Å². The van der Waals surface area contributed by atoms with Gasteiger partial charge in [-0.15, -0.1) is 0 Å². The van der Waals surface area contributed by atoms with Crippen LogP contribution in [0.4, 0.5) is 0 Å². The summed E-state index contributed by atoms with van der Waals surface area (Å²) in [5.74, 6) is 0. The Hall–Kier alpha value is -1.98. The molecule has 0 saturated carbocycles. The van der Waals surface area contributed by atoms with Gasteiger partial charge in [0.1, 0.15) is 0 Å². The molecule has 3 heterocycles. The van der Waals surface area contributed by atoms with Crippen LogP contribution >= 0.6 is 0 Å². The van der Waals surface area contributed by atoms with Crippen LogP contribution in [0, 0.1) is 0 Å². The van der Waals surface area contributed by atoms with Crippen molar-refractivity contribution in [3.63, 3.8) is 0 Å². The molecule has 3 rings (SSSR count). The van der Waals surface area contributed by atoms with E-state index < -0.39 is 0 Å². The van der Waals surface area contributed by atoms with E-state index in [1.54, 1.807) is 25.6 Å². The summed E-state index contributed by atoms with van der Waals surface area (Å²) in [5, 5.41) is 0. The van der Waals surface area contributed by atoms with E-state index in [-0.39, 0.29) is 5.56 Å². The fourth-order valence-corrected chi connectivity index (χ4v) is 3.13. The Morgan fingerprint density at radius 2 is 1.91 bits per heavy atom. The molecule has 23 heavy (non-hydrogen) atoms. The summed E-state index contributed by atoms with van der Waals surface area (Å²) in [5.41, 5.74) is 3.65. The zero-order valence-electron chi connectivity index (χ0n) is 13.6. The van der Waals surface area contributed by atoms with Crippen molar-refractivity contribution in [2.24, 2.45) is 0 Å². The first kappa shape index (κ1) is 15.9. The quantitative estimate of drug-likeness (QED) is 0.836. The molecule has 0 aromatic carbocycles. The first-order valence-electron chi connectivity index (χ1n) is 8.09. The molecule has 0 bridgehead atoms. The second-order valence-corrected chi connectivity index (χ2v) is 5.92. The van der Waals surface area contributed by atoms with Gasteiger partial charge in [-0.05, 0) is 29.7 Å². The summed E-state index contributed by atoms with van der Waals surface area (Å²) in [6.07, 6.45) is 5.43. The Morgan fingerprint density at radius 3 is 2.70 bits per heavy atom. The molecule has 1 aliphatic heterocycles. The van der Waals surface area contributed by atoms with Gasteiger partial charge >= 0.3 is 0 Å². The molecule has 2 aromatic rings. The number of hydrogen-bond donors (Lipinski definition) is 0. The van der Waals surface area contributed by atoms with Gasteiger partial charge in [-0.1, -0.05) is 6.07 Å². The number of aromatic nitrogens is 2. The zero-order valence-corrected chi connectivity index (χ0v) is 13.6. The molecule has 0 unspecified atom stereocenters. The Morgan fingerprint density at radius 1 is 1.13 bits per heavy atom. The molecule has 122 valence electrons. The summed E-state index contributed by atoms with van der Waals surface area (Å²) >= 11 is 0. The first-order valence-corrected chi connectivity index (χ1v) is 8.09. The summed E-state index contributed by atoms with van der Waals surface area (Å²) < 4.78 is 7.10. The van der Waals surface area contributed by atoms with E-state index in [0.29, 0.717) is 6.54 Å². The lowest BCUT2D eigenvalue weighted by Gasteiger charge is -2.18. The van der Waals surface area contributed by atoms with Crippen LogP contribution in [0.1, 0.15) is 16.8 Å². The average Bonchev–Trinajstić information content (AvgIpc) is 2.79. The van der Waals surface area contributed by atoms with E-state index in [0.717, 1.165) is 44.6 Å². The normalized spacial score (nSPS) is 15.2. The van der Waals surface area contributed by atoms with Crippen molar-refractivity contribution in [3.05, 3.63) is 63.8 Å². The van der Waals surface area contributed by atoms with Crippen molar-refractivity contribution in [2.45, 2.75) is 19.4 Å². The topological polar surface area (TPSA) is 47.4 Å². The van der Waals surface area contributed by atoms with Gasteiger partial charge in [-0.25, -0.2) is 0 Å². The summed E-state index contributed by atoms with van der Waals surface area (Å²) in [6.45, 7) is 4.29. The number of fused-ring (bicyclic) bond motifs is 1. The van der Waals surface area contributed by atoms with Crippen LogP contribution < -0.4 is 5.56 Å². The molecule has 2 aromatic heterocycles. The molecule has 1 aliphatic rings. The SMILES string of the molecule is COCCN1CCc2ccc(=O)n(Cc3ccncc3)c2CC1. The second kappa shape index (κ2) is 7.53. The number of ether oxygens (including phenoxy) is 1. The van der Waals surface area contributed by atoms with Crippen molar-refractivity contribution in [3.8, 4) is 0 Å². The Kier molecular flexibility index (Phi) is 5.20. The lowest BCUT2D eigenvalue weighted by Crippen LogP contribution is -2.30. The minimum absolute atomic E-state index is 0.0749. The lowest BCUT2D eigenvalue weighted by molar-refractivity contribution is 0.150. The summed E-state index contributed by atoms with van der Waals surface area (Å²) in [4.78, 5) is 18.8. The third-order valence-corrected chi connectivity index (χ3v) is 4.45. The van der Waals surface area contributed by atoms with Gasteiger partial charge in [0.25, 0.3) is 5.56 Å². The number of nitrogens with zero attached hydrogens (tertiary/aromatic N) is 3. The smallest absolute Gasteiger partial charge is 0.251 e. The van der Waals surface area contributed by atoms with Gasteiger partial charge in [-0.2, -0.15) is 0 Å². The maximum absolute atomic E-state index is 12.4. The van der Waals surface area contributed by atoms with Gasteiger partial charge < -0.3 is 14.2 Å². The Bertz CT molecular complexity index is 697. The van der Waals surface area contributed by atoms with E-state index >= 15 is 0 Å². The van der Waals surface area contributed by atoms with Crippen LogP contribution in [0.2, 0.25) is 0 Å². The molecule has 5 nitrogen and oxygen atoms in total. The highest BCUT2D eigenvalue weighted by Crippen LogP contribution is 2.15. The predicted molar refractivity (Wildman–Crippen MR) is 89.8 cm³/mol. The number of methoxy groups -OCH3 is 1. The first-order chi connectivity index (χ1) is 11.3. The summed E-state index contributed by atoms with van der Waals surface area (Å²) in [7, 11) is 1.74. The van der Waals surface area contributed by atoms with Crippen LogP contribution in [0.3, 0.4) is 0 Å². The molecule has 0 radical (unpaired) electrons. The van der Waals surface area contributed by atoms with Crippen LogP contribution in [-0.2, 0) is 24.1 Å². The lowest BCUT2D eigenvalue weighted by atomic mass is 10.1. The van der Waals surface area contributed by atoms with Gasteiger partial charge in [-0.3, -0.25) is 9.78 Å². The highest BCUT2D eigenvalue weighted by Gasteiger charge is 2.17. The van der Waals surface area contributed by atoms with E-state index in [2.05, 4.69) is 9.88 Å². The van der Waals surface area contributed by atoms with Gasteiger partial charge in [0, 0.05) is 57.3 Å². The van der Waals surface area contributed by atoms with E-state index in [9.17, 15) is 4.79 Å². The van der Waals surface area contributed by atoms with E-state index in [1.165, 1.54) is 11.3 Å². The Balaban J connectivity index is 1.84. The van der Waals surface area contributed by atoms with Gasteiger partial charge in [0.05, 0.1) is 13.2 Å². The highest BCUT2D eigenvalue weighted by molar-refractivity contribution is 5.25. The minimum atomic E-state index is 0.0749. The molecule has 0 atom stereocenters. The van der Waals surface area contributed by atoms with Crippen molar-refractivity contribution in [1.29, 1.82) is 0 Å². The second-order valence-electron chi connectivity index (χ2n) is 5.92. The third kappa shape index (κ3) is 3.86. The maximum atomic E-state index is 12.4. The highest BCUT2D eigenvalue weighted by atomic mass is 16.5. The van der Waals surface area contributed by atoms with Crippen LogP contribution in [0.25, 0.3) is 0 Å². The summed E-state index contributed by atoms with van der Waals surface area (Å²) in [6, 6.07) is 7.63. The average molecular weight is 313 g/mol. The standard InChI is InChI=1S/C18H23N3O2/c1-23-13-12-20-10-6-16-2-3-18(22)21(17(16)7-11-20)14-15-4-8-19-9-5-15/h2-5,8-9H,6-7,10-14H2,1H3. The van der Waals surface area contributed by atoms with Gasteiger partial charge in [0.2, 0.25) is 0 Å². The molecule has 0 aliphatic carbocycles. The molecular formula is C18H23N3O2.